The Labute approximate surface area is 159 Å². The average molecular weight is 457 g/mol. The van der Waals surface area contributed by atoms with E-state index in [4.69, 9.17) is 5.11 Å². The van der Waals surface area contributed by atoms with Gasteiger partial charge in [-0.1, -0.05) is 6.07 Å². The highest BCUT2D eigenvalue weighted by molar-refractivity contribution is 14.1. The van der Waals surface area contributed by atoms with Crippen molar-refractivity contribution in [3.05, 3.63) is 66.4 Å². The predicted molar refractivity (Wildman–Crippen MR) is 104 cm³/mol. The molecule has 0 fully saturated rings. The molecule has 0 saturated carbocycles. The Balaban J connectivity index is 2.45. The highest BCUT2D eigenvalue weighted by atomic mass is 127. The molecule has 0 atom stereocenters. The molecule has 2 aromatic rings. The van der Waals surface area contributed by atoms with Gasteiger partial charge in [-0.2, -0.15) is 0 Å². The zero-order valence-corrected chi connectivity index (χ0v) is 16.5. The van der Waals surface area contributed by atoms with Crippen molar-refractivity contribution in [3.8, 4) is 0 Å². The molecule has 0 aliphatic carbocycles. The number of halogens is 2. The Morgan fingerprint density at radius 3 is 2.64 bits per heavy atom. The van der Waals surface area contributed by atoms with Crippen molar-refractivity contribution in [2.24, 2.45) is 7.05 Å². The van der Waals surface area contributed by atoms with E-state index in [9.17, 15) is 14.0 Å². The molecule has 1 aromatic carbocycles. The number of hydrogen-bond acceptors (Lipinski definition) is 3. The lowest BCUT2D eigenvalue weighted by Gasteiger charge is -2.15. The van der Waals surface area contributed by atoms with E-state index in [0.717, 1.165) is 3.57 Å². The highest BCUT2D eigenvalue weighted by Crippen LogP contribution is 2.20. The molecule has 0 spiro atoms. The number of pyridine rings is 1. The van der Waals surface area contributed by atoms with E-state index in [0.29, 0.717) is 41.6 Å². The Morgan fingerprint density at radius 1 is 1.28 bits per heavy atom. The van der Waals surface area contributed by atoms with Crippen molar-refractivity contribution in [1.29, 1.82) is 0 Å². The first kappa shape index (κ1) is 19.8. The number of unbranched alkanes of at least 4 members (excludes halogenated alkanes) is 1. The number of aliphatic hydroxyl groups excluding tert-OH is 1. The van der Waals surface area contributed by atoms with E-state index in [2.05, 4.69) is 0 Å². The van der Waals surface area contributed by atoms with Crippen LogP contribution in [0.4, 0.5) is 4.39 Å². The van der Waals surface area contributed by atoms with Crippen LogP contribution in [0.15, 0.2) is 29.1 Å². The van der Waals surface area contributed by atoms with Gasteiger partial charge >= 0.3 is 0 Å². The summed E-state index contributed by atoms with van der Waals surface area (Å²) in [5, 5.41) is 8.88. The van der Waals surface area contributed by atoms with Crippen molar-refractivity contribution in [2.75, 3.05) is 6.61 Å². The van der Waals surface area contributed by atoms with E-state index in [1.54, 1.807) is 32.2 Å². The van der Waals surface area contributed by atoms with Crippen LogP contribution in [0.2, 0.25) is 0 Å². The summed E-state index contributed by atoms with van der Waals surface area (Å²) in [6.45, 7) is 1.71. The molecule has 1 heterocycles. The van der Waals surface area contributed by atoms with Gasteiger partial charge in [0, 0.05) is 46.9 Å². The van der Waals surface area contributed by atoms with Crippen molar-refractivity contribution >= 4 is 28.4 Å². The fourth-order valence-electron chi connectivity index (χ4n) is 2.76. The molecular weight excluding hydrogens is 436 g/mol. The first-order valence-electron chi connectivity index (χ1n) is 8.12. The number of benzene rings is 1. The molecule has 0 unspecified atom stereocenters. The second-order valence-electron chi connectivity index (χ2n) is 6.07. The van der Waals surface area contributed by atoms with Crippen LogP contribution in [0.3, 0.4) is 0 Å². The third kappa shape index (κ3) is 4.76. The Hall–Kier alpha value is -1.54. The zero-order valence-electron chi connectivity index (χ0n) is 14.3. The number of Topliss-reactive ketones (excluding diaryl/α,β-unsaturated/α-hetero) is 1. The van der Waals surface area contributed by atoms with Crippen molar-refractivity contribution in [1.82, 2.24) is 4.57 Å². The van der Waals surface area contributed by atoms with Crippen LogP contribution in [-0.2, 0) is 13.5 Å². The number of aromatic nitrogens is 1. The van der Waals surface area contributed by atoms with Gasteiger partial charge in [0.25, 0.3) is 5.56 Å². The van der Waals surface area contributed by atoms with E-state index in [-0.39, 0.29) is 30.2 Å². The minimum absolute atomic E-state index is 0.0420. The van der Waals surface area contributed by atoms with Gasteiger partial charge in [-0.15, -0.1) is 0 Å². The molecule has 0 radical (unpaired) electrons. The molecule has 0 aliphatic heterocycles. The van der Waals surface area contributed by atoms with E-state index >= 15 is 0 Å². The lowest BCUT2D eigenvalue weighted by atomic mass is 9.97. The summed E-state index contributed by atoms with van der Waals surface area (Å²) in [7, 11) is 1.61. The van der Waals surface area contributed by atoms with Crippen molar-refractivity contribution in [3.63, 3.8) is 0 Å². The van der Waals surface area contributed by atoms with E-state index < -0.39 is 0 Å². The predicted octanol–water partition coefficient (Wildman–Crippen LogP) is 3.37. The van der Waals surface area contributed by atoms with E-state index in [1.807, 2.05) is 22.6 Å². The highest BCUT2D eigenvalue weighted by Gasteiger charge is 2.18. The van der Waals surface area contributed by atoms with Gasteiger partial charge in [0.1, 0.15) is 5.82 Å². The largest absolute Gasteiger partial charge is 0.396 e. The summed E-state index contributed by atoms with van der Waals surface area (Å²) >= 11 is 2.04. The second kappa shape index (κ2) is 8.71. The molecule has 0 saturated heterocycles. The number of ketones is 1. The summed E-state index contributed by atoms with van der Waals surface area (Å²) in [6.07, 6.45) is 1.60. The minimum atomic E-state index is -0.349. The Kier molecular flexibility index (Phi) is 6.89. The van der Waals surface area contributed by atoms with E-state index in [1.165, 1.54) is 10.6 Å². The van der Waals surface area contributed by atoms with Crippen LogP contribution in [0.25, 0.3) is 0 Å². The standard InChI is InChI=1S/C19H21FINO3/c1-12-9-15(18(24)5-3-4-8-23)17(22(2)19(12)25)10-13-6-7-14(21)11-16(13)20/h6-7,9,11,23H,3-5,8,10H2,1-2H3. The average Bonchev–Trinajstić information content (AvgIpc) is 2.57. The first-order valence-corrected chi connectivity index (χ1v) is 9.20. The van der Waals surface area contributed by atoms with Crippen LogP contribution in [0.5, 0.6) is 0 Å². The molecule has 134 valence electrons. The number of hydrogen-bond donors (Lipinski definition) is 1. The number of aliphatic hydroxyl groups is 1. The third-order valence-electron chi connectivity index (χ3n) is 4.20. The van der Waals surface area contributed by atoms with Crippen molar-refractivity contribution < 1.29 is 14.3 Å². The van der Waals surface area contributed by atoms with Crippen LogP contribution >= 0.6 is 22.6 Å². The van der Waals surface area contributed by atoms with Gasteiger partial charge in [-0.05, 0) is 66.1 Å². The van der Waals surface area contributed by atoms with Gasteiger partial charge in [0.05, 0.1) is 0 Å². The van der Waals surface area contributed by atoms with Gasteiger partial charge in [0.2, 0.25) is 0 Å². The maximum atomic E-state index is 14.2. The number of carbonyl (C=O) groups excluding carboxylic acids is 1. The molecule has 1 N–H and O–H groups in total. The lowest BCUT2D eigenvalue weighted by Crippen LogP contribution is -2.26. The quantitative estimate of drug-likeness (QED) is 0.394. The molecule has 1 aromatic heterocycles. The molecule has 0 bridgehead atoms. The van der Waals surface area contributed by atoms with Crippen LogP contribution in [0, 0.1) is 16.3 Å². The topological polar surface area (TPSA) is 59.3 Å². The van der Waals surface area contributed by atoms with Gasteiger partial charge in [-0.25, -0.2) is 4.39 Å². The molecular formula is C19H21FINO3. The summed E-state index contributed by atoms with van der Waals surface area (Å²) in [5.41, 5.74) is 1.72. The van der Waals surface area contributed by atoms with Crippen LogP contribution in [0.1, 0.15) is 46.4 Å². The van der Waals surface area contributed by atoms with Gasteiger partial charge in [0.15, 0.2) is 5.78 Å². The first-order chi connectivity index (χ1) is 11.8. The fraction of sp³-hybridized carbons (Fsp3) is 0.368. The molecule has 0 aliphatic rings. The monoisotopic (exact) mass is 457 g/mol. The number of rotatable bonds is 7. The molecule has 25 heavy (non-hydrogen) atoms. The minimum Gasteiger partial charge on any atom is -0.396 e. The molecule has 6 heteroatoms. The Morgan fingerprint density at radius 2 is 2.00 bits per heavy atom. The summed E-state index contributed by atoms with van der Waals surface area (Å²) in [6, 6.07) is 6.52. The number of carbonyl (C=O) groups is 1. The smallest absolute Gasteiger partial charge is 0.253 e. The van der Waals surface area contributed by atoms with Gasteiger partial charge < -0.3 is 9.67 Å². The maximum Gasteiger partial charge on any atom is 0.253 e. The molecule has 4 nitrogen and oxygen atoms in total. The lowest BCUT2D eigenvalue weighted by molar-refractivity contribution is 0.0975. The molecule has 2 rings (SSSR count). The number of nitrogens with zero attached hydrogens (tertiary/aromatic N) is 1. The SMILES string of the molecule is Cc1cc(C(=O)CCCCO)c(Cc2ccc(I)cc2F)n(C)c1=O. The second-order valence-corrected chi connectivity index (χ2v) is 7.31. The Bertz CT molecular complexity index is 845. The summed E-state index contributed by atoms with van der Waals surface area (Å²) in [4.78, 5) is 24.9. The fourth-order valence-corrected chi connectivity index (χ4v) is 3.22. The van der Waals surface area contributed by atoms with Crippen LogP contribution in [-0.4, -0.2) is 22.1 Å². The zero-order chi connectivity index (χ0) is 18.6. The summed E-state index contributed by atoms with van der Waals surface area (Å²) < 4.78 is 16.4. The van der Waals surface area contributed by atoms with Crippen molar-refractivity contribution in [2.45, 2.75) is 32.6 Å². The normalized spacial score (nSPS) is 10.9. The van der Waals surface area contributed by atoms with Gasteiger partial charge in [-0.3, -0.25) is 9.59 Å². The van der Waals surface area contributed by atoms with Crippen LogP contribution < -0.4 is 5.56 Å². The molecule has 0 amide bonds. The summed E-state index contributed by atoms with van der Waals surface area (Å²) in [5.74, 6) is -0.438. The number of aryl methyl sites for hydroxylation is 1. The maximum absolute atomic E-state index is 14.2. The third-order valence-corrected chi connectivity index (χ3v) is 4.87.